The second-order valence-corrected chi connectivity index (χ2v) is 4.92. The average molecular weight is 319 g/mol. The lowest BCUT2D eigenvalue weighted by atomic mass is 10.0. The predicted octanol–water partition coefficient (Wildman–Crippen LogP) is 4.08. The second-order valence-electron chi connectivity index (χ2n) is 3.66. The van der Waals surface area contributed by atoms with Gasteiger partial charge in [-0.3, -0.25) is 0 Å². The summed E-state index contributed by atoms with van der Waals surface area (Å²) in [5.74, 6) is 0.177. The van der Waals surface area contributed by atoms with Crippen molar-refractivity contribution in [1.29, 1.82) is 0 Å². The van der Waals surface area contributed by atoms with E-state index >= 15 is 0 Å². The molecule has 1 atom stereocenters. The number of halogens is 3. The number of benzene rings is 1. The minimum atomic E-state index is -0.424. The molecule has 0 amide bonds. The fourth-order valence-electron chi connectivity index (χ4n) is 1.61. The van der Waals surface area contributed by atoms with E-state index in [2.05, 4.69) is 15.9 Å². The normalized spacial score (nSPS) is 12.7. The van der Waals surface area contributed by atoms with Gasteiger partial charge in [-0.25, -0.2) is 4.39 Å². The highest BCUT2D eigenvalue weighted by Gasteiger charge is 2.16. The van der Waals surface area contributed by atoms with E-state index in [0.29, 0.717) is 17.7 Å². The zero-order valence-electron chi connectivity index (χ0n) is 8.79. The summed E-state index contributed by atoms with van der Waals surface area (Å²) in [5.41, 5.74) is 6.44. The summed E-state index contributed by atoms with van der Waals surface area (Å²) in [5, 5.41) is 0.105. The number of hydrogen-bond donors (Lipinski definition) is 1. The van der Waals surface area contributed by atoms with E-state index in [1.54, 1.807) is 18.2 Å². The van der Waals surface area contributed by atoms with Gasteiger partial charge in [0, 0.05) is 0 Å². The zero-order chi connectivity index (χ0) is 12.4. The van der Waals surface area contributed by atoms with Crippen molar-refractivity contribution in [2.75, 3.05) is 0 Å². The Kier molecular flexibility index (Phi) is 3.86. The highest BCUT2D eigenvalue weighted by Crippen LogP contribution is 2.27. The summed E-state index contributed by atoms with van der Waals surface area (Å²) >= 11 is 9.02. The molecule has 0 aliphatic heterocycles. The Morgan fingerprint density at radius 2 is 2.18 bits per heavy atom. The molecule has 0 aliphatic carbocycles. The lowest BCUT2D eigenvalue weighted by Crippen LogP contribution is -2.14. The van der Waals surface area contributed by atoms with E-state index in [1.165, 1.54) is 12.3 Å². The average Bonchev–Trinajstić information content (AvgIpc) is 2.71. The maximum Gasteiger partial charge on any atom is 0.145 e. The van der Waals surface area contributed by atoms with Crippen LogP contribution in [-0.2, 0) is 6.42 Å². The summed E-state index contributed by atoms with van der Waals surface area (Å²) in [6, 6.07) is 6.22. The first kappa shape index (κ1) is 12.6. The van der Waals surface area contributed by atoms with Crippen molar-refractivity contribution >= 4 is 27.5 Å². The molecule has 2 aromatic rings. The van der Waals surface area contributed by atoms with Gasteiger partial charge < -0.3 is 10.2 Å². The van der Waals surface area contributed by atoms with Crippen LogP contribution in [0.5, 0.6) is 0 Å². The van der Waals surface area contributed by atoms with Crippen LogP contribution in [0.25, 0.3) is 0 Å². The van der Waals surface area contributed by atoms with Crippen LogP contribution in [0.3, 0.4) is 0 Å². The van der Waals surface area contributed by atoms with E-state index in [1.807, 2.05) is 0 Å². The lowest BCUT2D eigenvalue weighted by Gasteiger charge is -2.10. The molecule has 1 aromatic heterocycles. The van der Waals surface area contributed by atoms with Gasteiger partial charge in [-0.1, -0.05) is 23.7 Å². The van der Waals surface area contributed by atoms with Crippen LogP contribution in [0, 0.1) is 5.82 Å². The molecule has 0 saturated heterocycles. The van der Waals surface area contributed by atoms with E-state index in [0.717, 1.165) is 4.47 Å². The van der Waals surface area contributed by atoms with E-state index in [9.17, 15) is 4.39 Å². The van der Waals surface area contributed by atoms with Crippen molar-refractivity contribution in [2.24, 2.45) is 5.73 Å². The molecule has 0 spiro atoms. The largest absolute Gasteiger partial charge is 0.466 e. The van der Waals surface area contributed by atoms with Crippen LogP contribution >= 0.6 is 27.5 Å². The molecule has 2 N–H and O–H groups in total. The lowest BCUT2D eigenvalue weighted by molar-refractivity contribution is 0.458. The first-order chi connectivity index (χ1) is 8.09. The Morgan fingerprint density at radius 1 is 1.41 bits per heavy atom. The Bertz CT molecular complexity index is 529. The van der Waals surface area contributed by atoms with E-state index < -0.39 is 11.9 Å². The van der Waals surface area contributed by atoms with Crippen molar-refractivity contribution < 1.29 is 8.81 Å². The van der Waals surface area contributed by atoms with Gasteiger partial charge in [-0.05, 0) is 40.0 Å². The van der Waals surface area contributed by atoms with Crippen LogP contribution in [0.4, 0.5) is 4.39 Å². The molecule has 17 heavy (non-hydrogen) atoms. The standard InChI is InChI=1S/C12H10BrClFNO/c13-8-4-5-17-12(8)10(16)6-7-2-1-3-9(14)11(7)15/h1-5,10H,6,16H2. The van der Waals surface area contributed by atoms with Crippen LogP contribution < -0.4 is 5.73 Å². The molecule has 90 valence electrons. The Labute approximate surface area is 112 Å². The molecule has 1 unspecified atom stereocenters. The fraction of sp³-hybridized carbons (Fsp3) is 0.167. The molecule has 2 nitrogen and oxygen atoms in total. The smallest absolute Gasteiger partial charge is 0.145 e. The third kappa shape index (κ3) is 2.70. The third-order valence-corrected chi connectivity index (χ3v) is 3.40. The number of rotatable bonds is 3. The van der Waals surface area contributed by atoms with Crippen molar-refractivity contribution in [1.82, 2.24) is 0 Å². The van der Waals surface area contributed by atoms with Gasteiger partial charge in [0.1, 0.15) is 11.6 Å². The maximum absolute atomic E-state index is 13.7. The van der Waals surface area contributed by atoms with E-state index in [-0.39, 0.29) is 5.02 Å². The maximum atomic E-state index is 13.7. The second kappa shape index (κ2) is 5.21. The first-order valence-electron chi connectivity index (χ1n) is 5.01. The summed E-state index contributed by atoms with van der Waals surface area (Å²) in [7, 11) is 0. The molecule has 0 saturated carbocycles. The van der Waals surface area contributed by atoms with Crippen molar-refractivity contribution in [3.05, 3.63) is 57.2 Å². The monoisotopic (exact) mass is 317 g/mol. The Morgan fingerprint density at radius 3 is 2.82 bits per heavy atom. The van der Waals surface area contributed by atoms with Crippen molar-refractivity contribution in [3.8, 4) is 0 Å². The molecule has 0 aliphatic rings. The van der Waals surface area contributed by atoms with Gasteiger partial charge in [0.25, 0.3) is 0 Å². The number of nitrogens with two attached hydrogens (primary N) is 1. The summed E-state index contributed by atoms with van der Waals surface area (Å²) < 4.78 is 19.7. The van der Waals surface area contributed by atoms with Crippen molar-refractivity contribution in [3.63, 3.8) is 0 Å². The van der Waals surface area contributed by atoms with Crippen molar-refractivity contribution in [2.45, 2.75) is 12.5 Å². The topological polar surface area (TPSA) is 39.2 Å². The van der Waals surface area contributed by atoms with Gasteiger partial charge in [0.15, 0.2) is 0 Å². The molecule has 5 heteroatoms. The first-order valence-corrected chi connectivity index (χ1v) is 6.18. The quantitative estimate of drug-likeness (QED) is 0.926. The van der Waals surface area contributed by atoms with Gasteiger partial charge in [0.05, 0.1) is 21.8 Å². The third-order valence-electron chi connectivity index (χ3n) is 2.45. The van der Waals surface area contributed by atoms with Gasteiger partial charge >= 0.3 is 0 Å². The molecular formula is C12H10BrClFNO. The van der Waals surface area contributed by atoms with Gasteiger partial charge in [-0.15, -0.1) is 0 Å². The number of furan rings is 1. The molecule has 0 fully saturated rings. The highest BCUT2D eigenvalue weighted by molar-refractivity contribution is 9.10. The Hall–Kier alpha value is -0.840. The van der Waals surface area contributed by atoms with Gasteiger partial charge in [0.2, 0.25) is 0 Å². The summed E-state index contributed by atoms with van der Waals surface area (Å²) in [6.45, 7) is 0. The van der Waals surface area contributed by atoms with Gasteiger partial charge in [-0.2, -0.15) is 0 Å². The summed E-state index contributed by atoms with van der Waals surface area (Å²) in [4.78, 5) is 0. The summed E-state index contributed by atoms with van der Waals surface area (Å²) in [6.07, 6.45) is 1.87. The SMILES string of the molecule is NC(Cc1cccc(Cl)c1F)c1occc1Br. The van der Waals surface area contributed by atoms with E-state index in [4.69, 9.17) is 21.8 Å². The fourth-order valence-corrected chi connectivity index (χ4v) is 2.30. The van der Waals surface area contributed by atoms with Crippen LogP contribution in [-0.4, -0.2) is 0 Å². The number of hydrogen-bond acceptors (Lipinski definition) is 2. The molecular weight excluding hydrogens is 308 g/mol. The zero-order valence-corrected chi connectivity index (χ0v) is 11.1. The molecule has 0 bridgehead atoms. The highest BCUT2D eigenvalue weighted by atomic mass is 79.9. The minimum absolute atomic E-state index is 0.105. The minimum Gasteiger partial charge on any atom is -0.466 e. The van der Waals surface area contributed by atoms with Crippen LogP contribution in [0.15, 0.2) is 39.4 Å². The molecule has 1 aromatic carbocycles. The van der Waals surface area contributed by atoms with Crippen LogP contribution in [0.2, 0.25) is 5.02 Å². The molecule has 1 heterocycles. The predicted molar refractivity (Wildman–Crippen MR) is 68.5 cm³/mol. The van der Waals surface area contributed by atoms with Crippen LogP contribution in [0.1, 0.15) is 17.4 Å². The molecule has 2 rings (SSSR count). The molecule has 0 radical (unpaired) electrons. The Balaban J connectivity index is 2.22.